The van der Waals surface area contributed by atoms with E-state index in [1.165, 1.54) is 11.8 Å². The Hall–Kier alpha value is -2.57. The molecule has 0 bridgehead atoms. The summed E-state index contributed by atoms with van der Waals surface area (Å²) in [4.78, 5) is 13.0. The number of anilines is 2. The number of nitrogen functional groups attached to an aromatic ring is 1. The third-order valence-corrected chi connectivity index (χ3v) is 4.63. The van der Waals surface area contributed by atoms with Crippen molar-refractivity contribution < 1.29 is 4.92 Å². The van der Waals surface area contributed by atoms with Crippen molar-refractivity contribution in [1.29, 1.82) is 0 Å². The van der Waals surface area contributed by atoms with Gasteiger partial charge in [0.15, 0.2) is 0 Å². The van der Waals surface area contributed by atoms with Gasteiger partial charge in [0.05, 0.1) is 4.92 Å². The van der Waals surface area contributed by atoms with Gasteiger partial charge in [-0.1, -0.05) is 6.92 Å². The van der Waals surface area contributed by atoms with Crippen molar-refractivity contribution in [2.45, 2.75) is 38.6 Å². The number of hydrogen-bond acceptors (Lipinski definition) is 5. The minimum absolute atomic E-state index is 0.124. The molecule has 24 heavy (non-hydrogen) atoms. The Kier molecular flexibility index (Phi) is 4.69. The molecule has 0 atom stereocenters. The number of nitro groups is 1. The van der Waals surface area contributed by atoms with Crippen LogP contribution in [0.25, 0.3) is 0 Å². The zero-order valence-corrected chi connectivity index (χ0v) is 13.9. The van der Waals surface area contributed by atoms with Crippen LogP contribution < -0.4 is 10.6 Å². The first kappa shape index (κ1) is 16.3. The van der Waals surface area contributed by atoms with E-state index in [4.69, 9.17) is 5.73 Å². The smallest absolute Gasteiger partial charge is 0.292 e. The summed E-state index contributed by atoms with van der Waals surface area (Å²) in [5.74, 6) is 0.454. The summed E-state index contributed by atoms with van der Waals surface area (Å²) < 4.78 is 2.09. The van der Waals surface area contributed by atoms with Gasteiger partial charge < -0.3 is 10.6 Å². The van der Waals surface area contributed by atoms with Crippen LogP contribution in [0.1, 0.15) is 37.8 Å². The normalized spacial score (nSPS) is 15.6. The number of hydrogen-bond donors (Lipinski definition) is 1. The van der Waals surface area contributed by atoms with Crippen molar-refractivity contribution in [3.8, 4) is 0 Å². The molecule has 1 aromatic carbocycles. The standard InChI is InChI=1S/C17H23N5O2/c1-2-9-21-15(5-8-19-21)13-6-10-20(11-7-13)17-12-14(18)3-4-16(17)22(23)24/h3-5,8,12-13H,2,6-7,9-11,18H2,1H3. The highest BCUT2D eigenvalue weighted by atomic mass is 16.6. The lowest BCUT2D eigenvalue weighted by atomic mass is 9.93. The number of aryl methyl sites for hydroxylation is 1. The molecule has 0 spiro atoms. The molecule has 2 heterocycles. The van der Waals surface area contributed by atoms with Gasteiger partial charge in [0.2, 0.25) is 0 Å². The Morgan fingerprint density at radius 2 is 2.08 bits per heavy atom. The summed E-state index contributed by atoms with van der Waals surface area (Å²) in [6.07, 6.45) is 4.84. The maximum absolute atomic E-state index is 11.3. The van der Waals surface area contributed by atoms with Crippen LogP contribution in [0, 0.1) is 10.1 Å². The first-order chi connectivity index (χ1) is 11.6. The zero-order valence-electron chi connectivity index (χ0n) is 13.9. The molecule has 1 aliphatic rings. The molecule has 3 rings (SSSR count). The molecule has 2 N–H and O–H groups in total. The molecule has 1 aromatic heterocycles. The lowest BCUT2D eigenvalue weighted by molar-refractivity contribution is -0.384. The van der Waals surface area contributed by atoms with Gasteiger partial charge in [-0.3, -0.25) is 14.8 Å². The van der Waals surface area contributed by atoms with E-state index in [2.05, 4.69) is 27.7 Å². The van der Waals surface area contributed by atoms with Gasteiger partial charge in [-0.25, -0.2) is 0 Å². The highest BCUT2D eigenvalue weighted by Crippen LogP contribution is 2.35. The van der Waals surface area contributed by atoms with Crippen molar-refractivity contribution in [2.75, 3.05) is 23.7 Å². The first-order valence-corrected chi connectivity index (χ1v) is 8.40. The number of piperidine rings is 1. The largest absolute Gasteiger partial charge is 0.399 e. The van der Waals surface area contributed by atoms with E-state index >= 15 is 0 Å². The van der Waals surface area contributed by atoms with Crippen LogP contribution in [0.5, 0.6) is 0 Å². The predicted molar refractivity (Wildman–Crippen MR) is 94.2 cm³/mol. The first-order valence-electron chi connectivity index (χ1n) is 8.40. The molecule has 7 heteroatoms. The minimum atomic E-state index is -0.336. The van der Waals surface area contributed by atoms with Crippen LogP contribution in [0.15, 0.2) is 30.5 Å². The molecular weight excluding hydrogens is 306 g/mol. The number of benzene rings is 1. The third kappa shape index (κ3) is 3.20. The van der Waals surface area contributed by atoms with Gasteiger partial charge in [-0.2, -0.15) is 5.10 Å². The number of nitrogens with two attached hydrogens (primary N) is 1. The Labute approximate surface area is 141 Å². The lowest BCUT2D eigenvalue weighted by Gasteiger charge is -2.33. The van der Waals surface area contributed by atoms with Gasteiger partial charge in [-0.15, -0.1) is 0 Å². The van der Waals surface area contributed by atoms with Crippen molar-refractivity contribution in [1.82, 2.24) is 9.78 Å². The molecular formula is C17H23N5O2. The van der Waals surface area contributed by atoms with Gasteiger partial charge >= 0.3 is 0 Å². The average molecular weight is 329 g/mol. The number of aromatic nitrogens is 2. The van der Waals surface area contributed by atoms with E-state index in [-0.39, 0.29) is 10.6 Å². The molecule has 1 aliphatic heterocycles. The molecule has 0 saturated carbocycles. The summed E-state index contributed by atoms with van der Waals surface area (Å²) >= 11 is 0. The molecule has 0 amide bonds. The van der Waals surface area contributed by atoms with Crippen molar-refractivity contribution in [3.63, 3.8) is 0 Å². The SMILES string of the molecule is CCCn1nccc1C1CCN(c2cc(N)ccc2[N+](=O)[O-])CC1. The second-order valence-corrected chi connectivity index (χ2v) is 6.25. The van der Waals surface area contributed by atoms with Crippen LogP contribution in [-0.2, 0) is 6.54 Å². The molecule has 0 unspecified atom stereocenters. The monoisotopic (exact) mass is 329 g/mol. The molecule has 1 saturated heterocycles. The molecule has 7 nitrogen and oxygen atoms in total. The van der Waals surface area contributed by atoms with Crippen molar-refractivity contribution >= 4 is 17.1 Å². The van der Waals surface area contributed by atoms with Crippen LogP contribution in [0.3, 0.4) is 0 Å². The Morgan fingerprint density at radius 1 is 1.33 bits per heavy atom. The highest BCUT2D eigenvalue weighted by molar-refractivity contribution is 5.68. The van der Waals surface area contributed by atoms with Crippen molar-refractivity contribution in [2.24, 2.45) is 0 Å². The summed E-state index contributed by atoms with van der Waals surface area (Å²) in [5.41, 5.74) is 8.41. The fraction of sp³-hybridized carbons (Fsp3) is 0.471. The maximum atomic E-state index is 11.3. The number of nitrogens with zero attached hydrogens (tertiary/aromatic N) is 4. The predicted octanol–water partition coefficient (Wildman–Crippen LogP) is 3.17. The topological polar surface area (TPSA) is 90.2 Å². The average Bonchev–Trinajstić information content (AvgIpc) is 3.03. The molecule has 128 valence electrons. The second-order valence-electron chi connectivity index (χ2n) is 6.25. The van der Waals surface area contributed by atoms with Gasteiger partial charge in [0, 0.05) is 49.2 Å². The second kappa shape index (κ2) is 6.90. The quantitative estimate of drug-likeness (QED) is 0.517. The Bertz CT molecular complexity index is 720. The fourth-order valence-electron chi connectivity index (χ4n) is 3.45. The minimum Gasteiger partial charge on any atom is -0.399 e. The lowest BCUT2D eigenvalue weighted by Crippen LogP contribution is -2.34. The van der Waals surface area contributed by atoms with E-state index in [9.17, 15) is 10.1 Å². The van der Waals surface area contributed by atoms with Gasteiger partial charge in [0.25, 0.3) is 5.69 Å². The van der Waals surface area contributed by atoms with Crippen LogP contribution in [0.4, 0.5) is 17.1 Å². The highest BCUT2D eigenvalue weighted by Gasteiger charge is 2.27. The zero-order chi connectivity index (χ0) is 17.1. The summed E-state index contributed by atoms with van der Waals surface area (Å²) in [6, 6.07) is 6.88. The maximum Gasteiger partial charge on any atom is 0.292 e. The molecule has 1 fully saturated rings. The Balaban J connectivity index is 1.75. The van der Waals surface area contributed by atoms with E-state index < -0.39 is 0 Å². The molecule has 2 aromatic rings. The summed E-state index contributed by atoms with van der Waals surface area (Å²) in [6.45, 7) is 4.65. The molecule has 0 radical (unpaired) electrons. The summed E-state index contributed by atoms with van der Waals surface area (Å²) in [5, 5.41) is 15.7. The van der Waals surface area contributed by atoms with Gasteiger partial charge in [-0.05, 0) is 37.5 Å². The number of rotatable bonds is 5. The van der Waals surface area contributed by atoms with E-state index in [1.807, 2.05) is 6.20 Å². The van der Waals surface area contributed by atoms with Crippen molar-refractivity contribution in [3.05, 3.63) is 46.3 Å². The van der Waals surface area contributed by atoms with Crippen LogP contribution in [0.2, 0.25) is 0 Å². The van der Waals surface area contributed by atoms with E-state index in [0.29, 0.717) is 17.3 Å². The van der Waals surface area contributed by atoms with Crippen LogP contribution >= 0.6 is 0 Å². The number of nitro benzene ring substituents is 1. The fourth-order valence-corrected chi connectivity index (χ4v) is 3.45. The summed E-state index contributed by atoms with van der Waals surface area (Å²) in [7, 11) is 0. The van der Waals surface area contributed by atoms with E-state index in [1.54, 1.807) is 12.1 Å². The van der Waals surface area contributed by atoms with E-state index in [0.717, 1.165) is 38.9 Å². The Morgan fingerprint density at radius 3 is 2.75 bits per heavy atom. The molecule has 0 aliphatic carbocycles. The van der Waals surface area contributed by atoms with Crippen LogP contribution in [-0.4, -0.2) is 27.8 Å². The van der Waals surface area contributed by atoms with Gasteiger partial charge in [0.1, 0.15) is 5.69 Å². The third-order valence-electron chi connectivity index (χ3n) is 4.63.